The zero-order valence-corrected chi connectivity index (χ0v) is 11.2. The van der Waals surface area contributed by atoms with Gasteiger partial charge in [-0.15, -0.1) is 0 Å². The van der Waals surface area contributed by atoms with Gasteiger partial charge in [0, 0.05) is 21.3 Å². The van der Waals surface area contributed by atoms with Crippen molar-refractivity contribution in [3.63, 3.8) is 0 Å². The Kier molecular flexibility index (Phi) is 3.73. The Balaban J connectivity index is 2.40. The van der Waals surface area contributed by atoms with E-state index in [1.807, 2.05) is 42.5 Å². The van der Waals surface area contributed by atoms with E-state index in [0.29, 0.717) is 10.7 Å². The van der Waals surface area contributed by atoms with Crippen molar-refractivity contribution < 1.29 is 0 Å². The van der Waals surface area contributed by atoms with Gasteiger partial charge in [0.15, 0.2) is 0 Å². The third kappa shape index (κ3) is 3.03. The molecule has 0 unspecified atom stereocenters. The summed E-state index contributed by atoms with van der Waals surface area (Å²) in [5, 5.41) is 0.634. The average molecular weight is 307 g/mol. The first-order chi connectivity index (χ1) is 8.16. The van der Waals surface area contributed by atoms with Gasteiger partial charge in [0.1, 0.15) is 0 Å². The molecule has 3 heteroatoms. The summed E-state index contributed by atoms with van der Waals surface area (Å²) < 4.78 is 0.951. The second-order valence-corrected chi connectivity index (χ2v) is 4.78. The van der Waals surface area contributed by atoms with Crippen molar-refractivity contribution in [3.05, 3.63) is 63.1 Å². The van der Waals surface area contributed by atoms with E-state index >= 15 is 0 Å². The highest BCUT2D eigenvalue weighted by molar-refractivity contribution is 9.10. The van der Waals surface area contributed by atoms with Crippen LogP contribution in [0.3, 0.4) is 0 Å². The van der Waals surface area contributed by atoms with Gasteiger partial charge in [0.2, 0.25) is 0 Å². The summed E-state index contributed by atoms with van der Waals surface area (Å²) in [5.41, 5.74) is 8.07. The third-order valence-corrected chi connectivity index (χ3v) is 3.04. The number of nitrogen functional groups attached to an aromatic ring is 1. The van der Waals surface area contributed by atoms with Gasteiger partial charge < -0.3 is 5.73 Å². The highest BCUT2D eigenvalue weighted by atomic mass is 79.9. The highest BCUT2D eigenvalue weighted by Crippen LogP contribution is 2.20. The summed E-state index contributed by atoms with van der Waals surface area (Å²) >= 11 is 9.43. The minimum absolute atomic E-state index is 0.634. The Labute approximate surface area is 114 Å². The zero-order chi connectivity index (χ0) is 12.3. The van der Waals surface area contributed by atoms with Gasteiger partial charge in [-0.25, -0.2) is 0 Å². The molecule has 2 aromatic rings. The number of para-hydroxylation sites is 1. The van der Waals surface area contributed by atoms with E-state index in [0.717, 1.165) is 15.6 Å². The lowest BCUT2D eigenvalue weighted by atomic mass is 10.1. The van der Waals surface area contributed by atoms with Crippen LogP contribution in [0.4, 0.5) is 5.69 Å². The Morgan fingerprint density at radius 3 is 2.47 bits per heavy atom. The van der Waals surface area contributed by atoms with E-state index in [-0.39, 0.29) is 0 Å². The number of rotatable bonds is 0. The van der Waals surface area contributed by atoms with Gasteiger partial charge >= 0.3 is 0 Å². The molecule has 0 saturated heterocycles. The number of hydrogen-bond acceptors (Lipinski definition) is 1. The molecular weight excluding hydrogens is 298 g/mol. The minimum atomic E-state index is 0.634. The van der Waals surface area contributed by atoms with Crippen molar-refractivity contribution in [2.24, 2.45) is 0 Å². The van der Waals surface area contributed by atoms with Crippen molar-refractivity contribution in [1.29, 1.82) is 0 Å². The summed E-state index contributed by atoms with van der Waals surface area (Å²) in [6, 6.07) is 13.1. The van der Waals surface area contributed by atoms with Gasteiger partial charge in [0.25, 0.3) is 0 Å². The topological polar surface area (TPSA) is 26.0 Å². The fourth-order valence-corrected chi connectivity index (χ4v) is 1.86. The summed E-state index contributed by atoms with van der Waals surface area (Å²) in [6.45, 7) is 0. The van der Waals surface area contributed by atoms with Crippen LogP contribution in [0.25, 0.3) is 0 Å². The third-order valence-electron chi connectivity index (χ3n) is 2.22. The summed E-state index contributed by atoms with van der Waals surface area (Å²) in [7, 11) is 0. The summed E-state index contributed by atoms with van der Waals surface area (Å²) in [6.07, 6.45) is 0. The van der Waals surface area contributed by atoms with E-state index in [2.05, 4.69) is 27.8 Å². The molecule has 2 aromatic carbocycles. The lowest BCUT2D eigenvalue weighted by Crippen LogP contribution is -1.88. The van der Waals surface area contributed by atoms with Crippen LogP contribution in [-0.4, -0.2) is 0 Å². The SMILES string of the molecule is Nc1ccccc1C#Cc1cc(Br)ccc1Cl. The van der Waals surface area contributed by atoms with Gasteiger partial charge in [0.05, 0.1) is 5.02 Å². The van der Waals surface area contributed by atoms with E-state index in [4.69, 9.17) is 17.3 Å². The average Bonchev–Trinajstić information content (AvgIpc) is 2.32. The number of anilines is 1. The number of nitrogens with two attached hydrogens (primary N) is 1. The second kappa shape index (κ2) is 5.27. The number of hydrogen-bond donors (Lipinski definition) is 1. The Bertz CT molecular complexity index is 611. The quantitative estimate of drug-likeness (QED) is 0.576. The molecule has 0 atom stereocenters. The molecule has 0 spiro atoms. The van der Waals surface area contributed by atoms with Crippen LogP contribution in [-0.2, 0) is 0 Å². The summed E-state index contributed by atoms with van der Waals surface area (Å²) in [4.78, 5) is 0. The molecule has 2 rings (SSSR count). The van der Waals surface area contributed by atoms with Crippen LogP contribution in [0.5, 0.6) is 0 Å². The molecule has 0 heterocycles. The van der Waals surface area contributed by atoms with Crippen molar-refractivity contribution in [3.8, 4) is 11.8 Å². The maximum absolute atomic E-state index is 6.05. The van der Waals surface area contributed by atoms with Crippen LogP contribution in [0.15, 0.2) is 46.9 Å². The van der Waals surface area contributed by atoms with E-state index < -0.39 is 0 Å². The van der Waals surface area contributed by atoms with E-state index in [1.54, 1.807) is 0 Å². The first kappa shape index (κ1) is 12.0. The standard InChI is InChI=1S/C14H9BrClN/c15-12-7-8-13(16)11(9-12)6-5-10-3-1-2-4-14(10)17/h1-4,7-9H,17H2. The fourth-order valence-electron chi connectivity index (χ4n) is 1.34. The van der Waals surface area contributed by atoms with Gasteiger partial charge in [-0.2, -0.15) is 0 Å². The van der Waals surface area contributed by atoms with Gasteiger partial charge in [-0.1, -0.05) is 51.5 Å². The van der Waals surface area contributed by atoms with Crippen LogP contribution >= 0.6 is 27.5 Å². The smallest absolute Gasteiger partial charge is 0.0563 e. The van der Waals surface area contributed by atoms with Crippen LogP contribution < -0.4 is 5.73 Å². The monoisotopic (exact) mass is 305 g/mol. The van der Waals surface area contributed by atoms with Crippen molar-refractivity contribution >= 4 is 33.2 Å². The predicted octanol–water partition coefficient (Wildman–Crippen LogP) is 4.08. The normalized spacial score (nSPS) is 9.53. The largest absolute Gasteiger partial charge is 0.398 e. The van der Waals surface area contributed by atoms with Crippen LogP contribution in [0, 0.1) is 11.8 Å². The molecule has 0 fully saturated rings. The Morgan fingerprint density at radius 2 is 1.71 bits per heavy atom. The summed E-state index contributed by atoms with van der Waals surface area (Å²) in [5.74, 6) is 6.04. The first-order valence-electron chi connectivity index (χ1n) is 4.98. The molecule has 0 aliphatic rings. The lowest BCUT2D eigenvalue weighted by Gasteiger charge is -1.97. The number of halogens is 2. The van der Waals surface area contributed by atoms with Crippen molar-refractivity contribution in [2.75, 3.05) is 5.73 Å². The molecule has 17 heavy (non-hydrogen) atoms. The molecule has 2 N–H and O–H groups in total. The van der Waals surface area contributed by atoms with E-state index in [1.165, 1.54) is 0 Å². The van der Waals surface area contributed by atoms with Crippen molar-refractivity contribution in [1.82, 2.24) is 0 Å². The highest BCUT2D eigenvalue weighted by Gasteiger charge is 1.98. The van der Waals surface area contributed by atoms with Gasteiger partial charge in [-0.3, -0.25) is 0 Å². The fraction of sp³-hybridized carbons (Fsp3) is 0. The lowest BCUT2D eigenvalue weighted by molar-refractivity contribution is 1.59. The molecule has 0 radical (unpaired) electrons. The molecule has 0 aliphatic heterocycles. The van der Waals surface area contributed by atoms with Crippen LogP contribution in [0.2, 0.25) is 5.02 Å². The molecule has 84 valence electrons. The molecule has 0 bridgehead atoms. The second-order valence-electron chi connectivity index (χ2n) is 3.46. The maximum Gasteiger partial charge on any atom is 0.0563 e. The minimum Gasteiger partial charge on any atom is -0.398 e. The van der Waals surface area contributed by atoms with Crippen molar-refractivity contribution in [2.45, 2.75) is 0 Å². The zero-order valence-electron chi connectivity index (χ0n) is 8.87. The molecule has 0 saturated carbocycles. The molecule has 0 amide bonds. The predicted molar refractivity (Wildman–Crippen MR) is 76.0 cm³/mol. The molecule has 1 nitrogen and oxygen atoms in total. The van der Waals surface area contributed by atoms with E-state index in [9.17, 15) is 0 Å². The molecule has 0 aromatic heterocycles. The Morgan fingerprint density at radius 1 is 1.00 bits per heavy atom. The molecular formula is C14H9BrClN. The molecule has 0 aliphatic carbocycles. The maximum atomic E-state index is 6.05. The van der Waals surface area contributed by atoms with Crippen LogP contribution in [0.1, 0.15) is 11.1 Å². The first-order valence-corrected chi connectivity index (χ1v) is 6.15. The number of benzene rings is 2. The van der Waals surface area contributed by atoms with Gasteiger partial charge in [-0.05, 0) is 30.3 Å². The Hall–Kier alpha value is -1.43.